The lowest BCUT2D eigenvalue weighted by Gasteiger charge is -2.34. The molecule has 0 radical (unpaired) electrons. The maximum Gasteiger partial charge on any atom is 0.121 e. The molecule has 2 aromatic rings. The summed E-state index contributed by atoms with van der Waals surface area (Å²) in [7, 11) is 0. The van der Waals surface area contributed by atoms with Crippen molar-refractivity contribution in [3.05, 3.63) is 69.7 Å². The Morgan fingerprint density at radius 3 is 1.70 bits per heavy atom. The van der Waals surface area contributed by atoms with E-state index in [2.05, 4.69) is 31.2 Å². The van der Waals surface area contributed by atoms with E-state index in [1.54, 1.807) is 0 Å². The fourth-order valence-electron chi connectivity index (χ4n) is 3.04. The Hall–Kier alpha value is -1.02. The Kier molecular flexibility index (Phi) is 3.76. The number of hydrogen-bond donors (Lipinski definition) is 0. The Morgan fingerprint density at radius 1 is 0.900 bits per heavy atom. The second kappa shape index (κ2) is 5.40. The Bertz CT molecular complexity index is 544. The van der Waals surface area contributed by atoms with Gasteiger partial charge in [-0.1, -0.05) is 54.4 Å². The third kappa shape index (κ3) is 2.24. The highest BCUT2D eigenvalue weighted by Crippen LogP contribution is 2.46. The molecule has 20 heavy (non-hydrogen) atoms. The molecule has 1 aliphatic rings. The minimum Gasteiger partial charge on any atom is -0.365 e. The van der Waals surface area contributed by atoms with Gasteiger partial charge in [-0.15, -0.1) is 0 Å². The molecule has 3 rings (SSSR count). The van der Waals surface area contributed by atoms with Crippen LogP contribution in [0.1, 0.15) is 24.5 Å². The van der Waals surface area contributed by atoms with Gasteiger partial charge in [0.25, 0.3) is 0 Å². The molecule has 0 N–H and O–H groups in total. The third-order valence-electron chi connectivity index (χ3n) is 4.12. The van der Waals surface area contributed by atoms with Gasteiger partial charge < -0.3 is 4.74 Å². The van der Waals surface area contributed by atoms with Gasteiger partial charge in [-0.2, -0.15) is 0 Å². The van der Waals surface area contributed by atoms with Crippen LogP contribution in [0, 0.1) is 5.92 Å². The number of halogens is 2. The van der Waals surface area contributed by atoms with Gasteiger partial charge in [0.2, 0.25) is 0 Å². The summed E-state index contributed by atoms with van der Waals surface area (Å²) < 4.78 is 6.22. The molecule has 1 nitrogen and oxygen atoms in total. The van der Waals surface area contributed by atoms with E-state index < -0.39 is 5.60 Å². The maximum absolute atomic E-state index is 6.22. The molecule has 0 spiro atoms. The second-order valence-electron chi connectivity index (χ2n) is 5.29. The van der Waals surface area contributed by atoms with Crippen molar-refractivity contribution in [1.29, 1.82) is 0 Å². The molecule has 0 bridgehead atoms. The van der Waals surface area contributed by atoms with Crippen molar-refractivity contribution in [2.75, 3.05) is 6.61 Å². The largest absolute Gasteiger partial charge is 0.365 e. The smallest absolute Gasteiger partial charge is 0.121 e. The molecule has 0 saturated carbocycles. The molecule has 1 unspecified atom stereocenters. The Labute approximate surface area is 129 Å². The summed E-state index contributed by atoms with van der Waals surface area (Å²) in [6, 6.07) is 15.9. The monoisotopic (exact) mass is 306 g/mol. The molecule has 1 fully saturated rings. The highest BCUT2D eigenvalue weighted by molar-refractivity contribution is 6.30. The Morgan fingerprint density at radius 2 is 1.35 bits per heavy atom. The molecule has 2 aromatic carbocycles. The van der Waals surface area contributed by atoms with Crippen LogP contribution in [0.3, 0.4) is 0 Å². The SMILES string of the molecule is CC1CCOC1(c1ccc(Cl)cc1)c1ccc(Cl)cc1. The minimum atomic E-state index is -0.394. The van der Waals surface area contributed by atoms with E-state index >= 15 is 0 Å². The summed E-state index contributed by atoms with van der Waals surface area (Å²) in [5, 5.41) is 1.48. The average molecular weight is 307 g/mol. The molecule has 1 atom stereocenters. The fourth-order valence-corrected chi connectivity index (χ4v) is 3.29. The van der Waals surface area contributed by atoms with E-state index in [1.807, 2.05) is 24.3 Å². The van der Waals surface area contributed by atoms with Crippen LogP contribution < -0.4 is 0 Å². The number of ether oxygens (including phenoxy) is 1. The minimum absolute atomic E-state index is 0.394. The number of benzene rings is 2. The van der Waals surface area contributed by atoms with E-state index in [-0.39, 0.29) is 0 Å². The maximum atomic E-state index is 6.22. The van der Waals surface area contributed by atoms with Gasteiger partial charge in [-0.05, 0) is 47.7 Å². The lowest BCUT2D eigenvalue weighted by atomic mass is 9.77. The van der Waals surface area contributed by atoms with Gasteiger partial charge in [0.15, 0.2) is 0 Å². The molecular formula is C17H16Cl2O. The first-order chi connectivity index (χ1) is 9.63. The molecular weight excluding hydrogens is 291 g/mol. The zero-order valence-corrected chi connectivity index (χ0v) is 12.8. The summed E-state index contributed by atoms with van der Waals surface area (Å²) in [5.41, 5.74) is 1.90. The topological polar surface area (TPSA) is 9.23 Å². The third-order valence-corrected chi connectivity index (χ3v) is 4.62. The van der Waals surface area contributed by atoms with Crippen molar-refractivity contribution in [2.45, 2.75) is 18.9 Å². The molecule has 1 aliphatic heterocycles. The molecule has 1 saturated heterocycles. The van der Waals surface area contributed by atoms with E-state index in [1.165, 1.54) is 0 Å². The van der Waals surface area contributed by atoms with Crippen LogP contribution in [-0.4, -0.2) is 6.61 Å². The van der Waals surface area contributed by atoms with Gasteiger partial charge in [-0.25, -0.2) is 0 Å². The van der Waals surface area contributed by atoms with Crippen molar-refractivity contribution < 1.29 is 4.74 Å². The Balaban J connectivity index is 2.14. The molecule has 104 valence electrons. The van der Waals surface area contributed by atoms with Crippen LogP contribution in [-0.2, 0) is 10.3 Å². The first-order valence-corrected chi connectivity index (χ1v) is 7.54. The summed E-state index contributed by atoms with van der Waals surface area (Å²) >= 11 is 12.0. The lowest BCUT2D eigenvalue weighted by molar-refractivity contribution is 0.0142. The molecule has 3 heteroatoms. The number of rotatable bonds is 2. The van der Waals surface area contributed by atoms with Gasteiger partial charge in [0.05, 0.1) is 0 Å². The predicted octanol–water partition coefficient (Wildman–Crippen LogP) is 5.29. The summed E-state index contributed by atoms with van der Waals surface area (Å²) in [6.07, 6.45) is 1.05. The zero-order chi connectivity index (χ0) is 14.2. The summed E-state index contributed by atoms with van der Waals surface area (Å²) in [5.74, 6) is 0.407. The van der Waals surface area contributed by atoms with E-state index in [4.69, 9.17) is 27.9 Å². The van der Waals surface area contributed by atoms with Crippen molar-refractivity contribution in [3.8, 4) is 0 Å². The highest BCUT2D eigenvalue weighted by Gasteiger charge is 2.44. The first kappa shape index (κ1) is 13.9. The molecule has 1 heterocycles. The van der Waals surface area contributed by atoms with Crippen LogP contribution >= 0.6 is 23.2 Å². The van der Waals surface area contributed by atoms with Gasteiger partial charge in [0, 0.05) is 16.7 Å². The van der Waals surface area contributed by atoms with E-state index in [9.17, 15) is 0 Å². The fraction of sp³-hybridized carbons (Fsp3) is 0.294. The summed E-state index contributed by atoms with van der Waals surface area (Å²) in [4.78, 5) is 0. The van der Waals surface area contributed by atoms with E-state index in [0.717, 1.165) is 34.2 Å². The standard InChI is InChI=1S/C17H16Cl2O/c1-12-10-11-20-17(12,13-2-6-15(18)7-3-13)14-4-8-16(19)9-5-14/h2-9,12H,10-11H2,1H3. The van der Waals surface area contributed by atoms with Crippen molar-refractivity contribution in [3.63, 3.8) is 0 Å². The van der Waals surface area contributed by atoms with Crippen molar-refractivity contribution in [2.24, 2.45) is 5.92 Å². The van der Waals surface area contributed by atoms with Gasteiger partial charge in [0.1, 0.15) is 5.60 Å². The molecule has 0 aromatic heterocycles. The number of hydrogen-bond acceptors (Lipinski definition) is 1. The normalized spacial score (nSPS) is 21.1. The van der Waals surface area contributed by atoms with Crippen molar-refractivity contribution in [1.82, 2.24) is 0 Å². The predicted molar refractivity (Wildman–Crippen MR) is 83.4 cm³/mol. The van der Waals surface area contributed by atoms with Crippen LogP contribution in [0.25, 0.3) is 0 Å². The van der Waals surface area contributed by atoms with Crippen LogP contribution in [0.15, 0.2) is 48.5 Å². The second-order valence-corrected chi connectivity index (χ2v) is 6.16. The molecule has 0 aliphatic carbocycles. The van der Waals surface area contributed by atoms with Crippen LogP contribution in [0.2, 0.25) is 10.0 Å². The van der Waals surface area contributed by atoms with Crippen LogP contribution in [0.5, 0.6) is 0 Å². The first-order valence-electron chi connectivity index (χ1n) is 6.79. The van der Waals surface area contributed by atoms with Crippen LogP contribution in [0.4, 0.5) is 0 Å². The van der Waals surface area contributed by atoms with E-state index in [0.29, 0.717) is 5.92 Å². The zero-order valence-electron chi connectivity index (χ0n) is 11.3. The lowest BCUT2D eigenvalue weighted by Crippen LogP contribution is -2.32. The van der Waals surface area contributed by atoms with Crippen molar-refractivity contribution >= 4 is 23.2 Å². The van der Waals surface area contributed by atoms with Gasteiger partial charge >= 0.3 is 0 Å². The highest BCUT2D eigenvalue weighted by atomic mass is 35.5. The molecule has 0 amide bonds. The summed E-state index contributed by atoms with van der Waals surface area (Å²) in [6.45, 7) is 3.00. The average Bonchev–Trinajstić information content (AvgIpc) is 2.83. The quantitative estimate of drug-likeness (QED) is 0.732. The van der Waals surface area contributed by atoms with Gasteiger partial charge in [-0.3, -0.25) is 0 Å².